The molecule has 0 radical (unpaired) electrons. The average molecular weight is 438 g/mol. The van der Waals surface area contributed by atoms with E-state index in [0.29, 0.717) is 18.1 Å². The Labute approximate surface area is 188 Å². The van der Waals surface area contributed by atoms with Gasteiger partial charge in [0.25, 0.3) is 5.91 Å². The number of amides is 3. The number of likely N-dealkylation sites (N-methyl/N-ethyl adjacent to an activating group) is 1. The van der Waals surface area contributed by atoms with Gasteiger partial charge in [0.15, 0.2) is 5.82 Å². The molecule has 0 aromatic carbocycles. The number of hydrogen-bond acceptors (Lipinski definition) is 5. The van der Waals surface area contributed by atoms with Gasteiger partial charge in [0.2, 0.25) is 0 Å². The molecule has 2 fully saturated rings. The maximum atomic E-state index is 13.7. The molecular formula is C23H31N7O2. The molecule has 2 atom stereocenters. The summed E-state index contributed by atoms with van der Waals surface area (Å²) in [5.74, 6) is 0.157. The standard InChI is InChI=1S/C23H31N7O2/c1-15-12-28(3)23(9-5-6-10-23)14-30(15)22(32)29-13-17-19(16(29)2)26-27-20(17)25-21(31)18-8-4-7-11-24-18/h4,7-8,11,15-16H,5-6,9-10,12-14H2,1-3H3,(H2,25,26,27,31)/t15-,16?/m0/s1. The minimum absolute atomic E-state index is 0.0657. The van der Waals surface area contributed by atoms with Crippen molar-refractivity contribution < 1.29 is 9.59 Å². The molecule has 9 heteroatoms. The number of piperazine rings is 1. The number of urea groups is 1. The highest BCUT2D eigenvalue weighted by molar-refractivity contribution is 6.02. The number of fused-ring (bicyclic) bond motifs is 1. The lowest BCUT2D eigenvalue weighted by atomic mass is 9.90. The van der Waals surface area contributed by atoms with Gasteiger partial charge >= 0.3 is 6.03 Å². The molecule has 1 spiro atoms. The first-order valence-corrected chi connectivity index (χ1v) is 11.5. The highest BCUT2D eigenvalue weighted by Gasteiger charge is 2.47. The van der Waals surface area contributed by atoms with Crippen molar-refractivity contribution in [2.45, 2.75) is 63.7 Å². The number of carbonyl (C=O) groups is 2. The first-order valence-electron chi connectivity index (χ1n) is 11.5. The van der Waals surface area contributed by atoms with Crippen molar-refractivity contribution in [2.75, 3.05) is 25.5 Å². The Morgan fingerprint density at radius 1 is 1.19 bits per heavy atom. The Morgan fingerprint density at radius 2 is 1.97 bits per heavy atom. The lowest BCUT2D eigenvalue weighted by Crippen LogP contribution is -2.65. The second-order valence-corrected chi connectivity index (χ2v) is 9.51. The SMILES string of the molecule is CC1c2[nH]nc(NC(=O)c3ccccn3)c2CN1C(=O)N1CC2(CCCC2)N(C)C[C@@H]1C. The normalized spacial score (nSPS) is 24.7. The van der Waals surface area contributed by atoms with Crippen LogP contribution in [-0.4, -0.2) is 73.5 Å². The number of anilines is 1. The fraction of sp³-hybridized carbons (Fsp3) is 0.565. The van der Waals surface area contributed by atoms with Crippen LogP contribution in [0, 0.1) is 0 Å². The number of pyridine rings is 1. The number of rotatable bonds is 2. The number of aromatic nitrogens is 3. The quantitative estimate of drug-likeness (QED) is 0.753. The first-order chi connectivity index (χ1) is 15.4. The maximum absolute atomic E-state index is 13.7. The van der Waals surface area contributed by atoms with Gasteiger partial charge in [-0.05, 0) is 45.9 Å². The van der Waals surface area contributed by atoms with E-state index in [1.165, 1.54) is 12.8 Å². The fourth-order valence-electron chi connectivity index (χ4n) is 5.63. The van der Waals surface area contributed by atoms with E-state index in [2.05, 4.69) is 44.3 Å². The summed E-state index contributed by atoms with van der Waals surface area (Å²) in [6.45, 7) is 6.25. The zero-order valence-corrected chi connectivity index (χ0v) is 19.0. The van der Waals surface area contributed by atoms with Crippen LogP contribution < -0.4 is 5.32 Å². The number of aromatic amines is 1. The molecule has 1 saturated carbocycles. The van der Waals surface area contributed by atoms with Crippen molar-refractivity contribution in [3.05, 3.63) is 41.3 Å². The van der Waals surface area contributed by atoms with Gasteiger partial charge in [0, 0.05) is 36.4 Å². The first kappa shape index (κ1) is 20.9. The summed E-state index contributed by atoms with van der Waals surface area (Å²) < 4.78 is 0. The largest absolute Gasteiger partial charge is 0.321 e. The van der Waals surface area contributed by atoms with E-state index >= 15 is 0 Å². The summed E-state index contributed by atoms with van der Waals surface area (Å²) >= 11 is 0. The van der Waals surface area contributed by atoms with Crippen molar-refractivity contribution >= 4 is 17.8 Å². The van der Waals surface area contributed by atoms with Crippen LogP contribution >= 0.6 is 0 Å². The summed E-state index contributed by atoms with van der Waals surface area (Å²) in [6.07, 6.45) is 6.36. The van der Waals surface area contributed by atoms with E-state index in [4.69, 9.17) is 0 Å². The third kappa shape index (κ3) is 3.35. The fourth-order valence-corrected chi connectivity index (χ4v) is 5.63. The molecule has 9 nitrogen and oxygen atoms in total. The van der Waals surface area contributed by atoms with E-state index in [0.717, 1.165) is 37.2 Å². The zero-order valence-electron chi connectivity index (χ0n) is 19.0. The molecule has 3 amide bonds. The van der Waals surface area contributed by atoms with E-state index in [1.807, 2.05) is 11.8 Å². The molecule has 5 rings (SSSR count). The topological polar surface area (TPSA) is 97.5 Å². The van der Waals surface area contributed by atoms with Gasteiger partial charge in [-0.1, -0.05) is 18.9 Å². The molecule has 0 bridgehead atoms. The van der Waals surface area contributed by atoms with Gasteiger partial charge in [-0.3, -0.25) is 19.8 Å². The molecule has 32 heavy (non-hydrogen) atoms. The summed E-state index contributed by atoms with van der Waals surface area (Å²) in [4.78, 5) is 36.8. The highest BCUT2D eigenvalue weighted by Crippen LogP contribution is 2.41. The van der Waals surface area contributed by atoms with Gasteiger partial charge in [0.05, 0.1) is 18.3 Å². The molecule has 2 aromatic rings. The number of hydrogen-bond donors (Lipinski definition) is 2. The summed E-state index contributed by atoms with van der Waals surface area (Å²) in [6, 6.07) is 5.30. The van der Waals surface area contributed by atoms with Gasteiger partial charge < -0.3 is 15.1 Å². The van der Waals surface area contributed by atoms with E-state index in [9.17, 15) is 9.59 Å². The maximum Gasteiger partial charge on any atom is 0.321 e. The molecule has 2 aliphatic heterocycles. The lowest BCUT2D eigenvalue weighted by molar-refractivity contribution is -0.00236. The van der Waals surface area contributed by atoms with E-state index in [-0.39, 0.29) is 29.6 Å². The Morgan fingerprint density at radius 3 is 2.69 bits per heavy atom. The molecule has 1 unspecified atom stereocenters. The number of carbonyl (C=O) groups excluding carboxylic acids is 2. The van der Waals surface area contributed by atoms with Crippen LogP contribution in [0.4, 0.5) is 10.6 Å². The van der Waals surface area contributed by atoms with Crippen LogP contribution in [0.25, 0.3) is 0 Å². The van der Waals surface area contributed by atoms with E-state index in [1.54, 1.807) is 24.4 Å². The summed E-state index contributed by atoms with van der Waals surface area (Å²) in [7, 11) is 2.20. The Hall–Kier alpha value is -2.94. The summed E-state index contributed by atoms with van der Waals surface area (Å²) in [5, 5.41) is 10.2. The molecule has 1 aliphatic carbocycles. The molecular weight excluding hydrogens is 406 g/mol. The predicted octanol–water partition coefficient (Wildman–Crippen LogP) is 3.00. The smallest absolute Gasteiger partial charge is 0.319 e. The van der Waals surface area contributed by atoms with Crippen molar-refractivity contribution in [2.24, 2.45) is 0 Å². The predicted molar refractivity (Wildman–Crippen MR) is 120 cm³/mol. The second-order valence-electron chi connectivity index (χ2n) is 9.51. The third-order valence-electron chi connectivity index (χ3n) is 7.61. The molecule has 2 aromatic heterocycles. The Bertz CT molecular complexity index is 1010. The van der Waals surface area contributed by atoms with Gasteiger partial charge in [-0.15, -0.1) is 0 Å². The summed E-state index contributed by atoms with van der Waals surface area (Å²) in [5.41, 5.74) is 2.19. The van der Waals surface area contributed by atoms with Crippen molar-refractivity contribution in [3.63, 3.8) is 0 Å². The minimum atomic E-state index is -0.312. The number of H-pyrrole nitrogens is 1. The van der Waals surface area contributed by atoms with Gasteiger partial charge in [-0.25, -0.2) is 4.79 Å². The van der Waals surface area contributed by atoms with Crippen LogP contribution in [0.2, 0.25) is 0 Å². The second kappa shape index (κ2) is 7.88. The van der Waals surface area contributed by atoms with Crippen LogP contribution in [0.5, 0.6) is 0 Å². The van der Waals surface area contributed by atoms with Crippen LogP contribution in [0.15, 0.2) is 24.4 Å². The third-order valence-corrected chi connectivity index (χ3v) is 7.61. The highest BCUT2D eigenvalue weighted by atomic mass is 16.2. The van der Waals surface area contributed by atoms with Gasteiger partial charge in [-0.2, -0.15) is 5.10 Å². The van der Waals surface area contributed by atoms with Gasteiger partial charge in [0.1, 0.15) is 5.69 Å². The molecule has 4 heterocycles. The zero-order chi connectivity index (χ0) is 22.5. The molecule has 170 valence electrons. The van der Waals surface area contributed by atoms with Crippen molar-refractivity contribution in [1.29, 1.82) is 0 Å². The minimum Gasteiger partial charge on any atom is -0.319 e. The monoisotopic (exact) mass is 437 g/mol. The molecule has 1 saturated heterocycles. The van der Waals surface area contributed by atoms with Crippen molar-refractivity contribution in [3.8, 4) is 0 Å². The van der Waals surface area contributed by atoms with Crippen LogP contribution in [0.1, 0.15) is 67.3 Å². The Kier molecular flexibility index (Phi) is 5.16. The van der Waals surface area contributed by atoms with Crippen LogP contribution in [0.3, 0.4) is 0 Å². The average Bonchev–Trinajstić information content (AvgIpc) is 3.50. The van der Waals surface area contributed by atoms with E-state index < -0.39 is 0 Å². The molecule has 3 aliphatic rings. The number of nitrogens with zero attached hydrogens (tertiary/aromatic N) is 5. The number of nitrogens with one attached hydrogen (secondary N) is 2. The van der Waals surface area contributed by atoms with Crippen LogP contribution in [-0.2, 0) is 6.54 Å². The lowest BCUT2D eigenvalue weighted by Gasteiger charge is -2.51. The Balaban J connectivity index is 1.33. The van der Waals surface area contributed by atoms with Crippen molar-refractivity contribution in [1.82, 2.24) is 29.9 Å². The molecule has 2 N–H and O–H groups in total.